The van der Waals surface area contributed by atoms with Crippen LogP contribution < -0.4 is 16.0 Å². The number of para-hydroxylation sites is 1. The minimum atomic E-state index is -0.488. The molecule has 0 fully saturated rings. The third kappa shape index (κ3) is 3.25. The lowest BCUT2D eigenvalue weighted by molar-refractivity contribution is -0.384. The Hall–Kier alpha value is -2.12. The topological polar surface area (TPSA) is 90.4 Å². The van der Waals surface area contributed by atoms with E-state index in [1.54, 1.807) is 24.3 Å². The molecule has 2 rings (SSSR count). The average Bonchev–Trinajstić information content (AvgIpc) is 2.46. The van der Waals surface area contributed by atoms with Gasteiger partial charge in [0.15, 0.2) is 0 Å². The number of anilines is 1. The summed E-state index contributed by atoms with van der Waals surface area (Å²) in [6, 6.07) is 12.0. The van der Waals surface area contributed by atoms with Gasteiger partial charge in [-0.05, 0) is 24.3 Å². The van der Waals surface area contributed by atoms with Crippen LogP contribution in [0.2, 0.25) is 0 Å². The summed E-state index contributed by atoms with van der Waals surface area (Å²) in [6.07, 6.45) is 0. The summed E-state index contributed by atoms with van der Waals surface area (Å²) in [5.74, 6) is 6.03. The maximum Gasteiger partial charge on any atom is 0.294 e. The van der Waals surface area contributed by atoms with E-state index in [-0.39, 0.29) is 18.0 Å². The van der Waals surface area contributed by atoms with Gasteiger partial charge in [-0.3, -0.25) is 16.0 Å². The summed E-state index contributed by atoms with van der Waals surface area (Å²) >= 11 is 3.33. The van der Waals surface area contributed by atoms with Gasteiger partial charge in [-0.25, -0.2) is 0 Å². The molecule has 6 nitrogen and oxygen atoms in total. The van der Waals surface area contributed by atoms with Crippen molar-refractivity contribution in [3.8, 4) is 5.75 Å². The molecule has 3 N–H and O–H groups in total. The van der Waals surface area contributed by atoms with Crippen molar-refractivity contribution in [1.82, 2.24) is 0 Å². The van der Waals surface area contributed by atoms with Gasteiger partial charge in [0.05, 0.1) is 4.92 Å². The number of nitrogen functional groups attached to an aromatic ring is 1. The Balaban J connectivity index is 2.19. The maximum atomic E-state index is 10.9. The van der Waals surface area contributed by atoms with Crippen molar-refractivity contribution < 1.29 is 9.66 Å². The van der Waals surface area contributed by atoms with Gasteiger partial charge >= 0.3 is 0 Å². The smallest absolute Gasteiger partial charge is 0.294 e. The molecule has 104 valence electrons. The first-order chi connectivity index (χ1) is 9.61. The van der Waals surface area contributed by atoms with Crippen molar-refractivity contribution >= 4 is 27.3 Å². The normalized spacial score (nSPS) is 10.1. The molecule has 0 bridgehead atoms. The molecule has 0 amide bonds. The summed E-state index contributed by atoms with van der Waals surface area (Å²) in [6.45, 7) is 0.183. The molecule has 20 heavy (non-hydrogen) atoms. The van der Waals surface area contributed by atoms with E-state index in [1.165, 1.54) is 6.07 Å². The van der Waals surface area contributed by atoms with Crippen molar-refractivity contribution in [2.24, 2.45) is 5.84 Å². The van der Waals surface area contributed by atoms with Gasteiger partial charge in [-0.1, -0.05) is 28.1 Å². The molecule has 0 heterocycles. The predicted octanol–water partition coefficient (Wildman–Crippen LogP) is 3.22. The molecule has 2 aromatic carbocycles. The number of benzene rings is 2. The molecule has 0 aliphatic rings. The molecule has 0 unspecified atom stereocenters. The van der Waals surface area contributed by atoms with Gasteiger partial charge in [-0.15, -0.1) is 0 Å². The van der Waals surface area contributed by atoms with Crippen molar-refractivity contribution in [2.45, 2.75) is 6.61 Å². The van der Waals surface area contributed by atoms with E-state index < -0.39 is 4.92 Å². The van der Waals surface area contributed by atoms with E-state index in [9.17, 15) is 10.1 Å². The lowest BCUT2D eigenvalue weighted by Crippen LogP contribution is -2.12. The number of ether oxygens (including phenoxy) is 1. The highest BCUT2D eigenvalue weighted by Gasteiger charge is 2.16. The number of nitrogens with two attached hydrogens (primary N) is 1. The quantitative estimate of drug-likeness (QED) is 0.496. The SMILES string of the molecule is NNc1c(COc2ccc(Br)cc2)cccc1[N+](=O)[O-]. The van der Waals surface area contributed by atoms with Crippen molar-refractivity contribution in [3.63, 3.8) is 0 Å². The fraction of sp³-hybridized carbons (Fsp3) is 0.0769. The summed E-state index contributed by atoms with van der Waals surface area (Å²) < 4.78 is 6.53. The van der Waals surface area contributed by atoms with Gasteiger partial charge in [0.2, 0.25) is 0 Å². The Morgan fingerprint density at radius 3 is 2.55 bits per heavy atom. The minimum absolute atomic E-state index is 0.0793. The Morgan fingerprint density at radius 1 is 1.25 bits per heavy atom. The van der Waals surface area contributed by atoms with E-state index in [4.69, 9.17) is 10.6 Å². The largest absolute Gasteiger partial charge is 0.489 e. The molecule has 2 aromatic rings. The highest BCUT2D eigenvalue weighted by atomic mass is 79.9. The van der Waals surface area contributed by atoms with Crippen LogP contribution in [0.25, 0.3) is 0 Å². The molecule has 0 aliphatic carbocycles. The molecular weight excluding hydrogens is 326 g/mol. The van der Waals surface area contributed by atoms with Gasteiger partial charge in [0, 0.05) is 16.1 Å². The van der Waals surface area contributed by atoms with Crippen LogP contribution in [0, 0.1) is 10.1 Å². The van der Waals surface area contributed by atoms with Crippen LogP contribution in [0.3, 0.4) is 0 Å². The Bertz CT molecular complexity index is 617. The molecule has 0 aliphatic heterocycles. The van der Waals surface area contributed by atoms with Crippen LogP contribution in [-0.4, -0.2) is 4.92 Å². The van der Waals surface area contributed by atoms with Crippen LogP contribution in [0.4, 0.5) is 11.4 Å². The van der Waals surface area contributed by atoms with Crippen molar-refractivity contribution in [1.29, 1.82) is 0 Å². The number of hydrogen-bond acceptors (Lipinski definition) is 5. The Morgan fingerprint density at radius 2 is 1.95 bits per heavy atom. The minimum Gasteiger partial charge on any atom is -0.489 e. The van der Waals surface area contributed by atoms with Crippen LogP contribution in [-0.2, 0) is 6.61 Å². The van der Waals surface area contributed by atoms with Crippen LogP contribution in [0.1, 0.15) is 5.56 Å². The van der Waals surface area contributed by atoms with Crippen LogP contribution >= 0.6 is 15.9 Å². The molecule has 0 radical (unpaired) electrons. The number of nitrogens with zero attached hydrogens (tertiary/aromatic N) is 1. The third-order valence-corrected chi connectivity index (χ3v) is 3.21. The molecule has 0 spiro atoms. The number of nitro groups is 1. The van der Waals surface area contributed by atoms with Crippen LogP contribution in [0.5, 0.6) is 5.75 Å². The van der Waals surface area contributed by atoms with E-state index in [0.717, 1.165) is 4.47 Å². The zero-order chi connectivity index (χ0) is 14.5. The van der Waals surface area contributed by atoms with Gasteiger partial charge < -0.3 is 10.2 Å². The van der Waals surface area contributed by atoms with Gasteiger partial charge in [0.1, 0.15) is 18.0 Å². The molecule has 0 atom stereocenters. The number of halogens is 1. The van der Waals surface area contributed by atoms with Crippen LogP contribution in [0.15, 0.2) is 46.9 Å². The number of hydrogen-bond donors (Lipinski definition) is 2. The van der Waals surface area contributed by atoms with Gasteiger partial charge in [0.25, 0.3) is 5.69 Å². The number of rotatable bonds is 5. The lowest BCUT2D eigenvalue weighted by atomic mass is 10.1. The average molecular weight is 338 g/mol. The highest BCUT2D eigenvalue weighted by molar-refractivity contribution is 9.10. The summed E-state index contributed by atoms with van der Waals surface area (Å²) in [4.78, 5) is 10.4. The van der Waals surface area contributed by atoms with E-state index in [0.29, 0.717) is 11.3 Å². The Kier molecular flexibility index (Phi) is 4.54. The summed E-state index contributed by atoms with van der Waals surface area (Å²) in [5.41, 5.74) is 3.16. The van der Waals surface area contributed by atoms with E-state index >= 15 is 0 Å². The number of hydrazine groups is 1. The third-order valence-electron chi connectivity index (χ3n) is 2.68. The fourth-order valence-electron chi connectivity index (χ4n) is 1.72. The highest BCUT2D eigenvalue weighted by Crippen LogP contribution is 2.28. The first-order valence-electron chi connectivity index (χ1n) is 5.73. The second kappa shape index (κ2) is 6.36. The van der Waals surface area contributed by atoms with Crippen molar-refractivity contribution in [2.75, 3.05) is 5.43 Å². The lowest BCUT2D eigenvalue weighted by Gasteiger charge is -2.11. The zero-order valence-corrected chi connectivity index (χ0v) is 12.0. The fourth-order valence-corrected chi connectivity index (χ4v) is 1.98. The molecule has 0 saturated carbocycles. The van der Waals surface area contributed by atoms with Crippen molar-refractivity contribution in [3.05, 3.63) is 62.6 Å². The molecule has 0 aromatic heterocycles. The van der Waals surface area contributed by atoms with Gasteiger partial charge in [-0.2, -0.15) is 0 Å². The molecular formula is C13H12BrN3O3. The second-order valence-corrected chi connectivity index (χ2v) is 4.87. The second-order valence-electron chi connectivity index (χ2n) is 3.96. The summed E-state index contributed by atoms with van der Waals surface area (Å²) in [7, 11) is 0. The number of nitro benzene ring substituents is 1. The predicted molar refractivity (Wildman–Crippen MR) is 79.4 cm³/mol. The zero-order valence-electron chi connectivity index (χ0n) is 10.4. The van der Waals surface area contributed by atoms with E-state index in [2.05, 4.69) is 21.4 Å². The first kappa shape index (κ1) is 14.3. The molecule has 7 heteroatoms. The maximum absolute atomic E-state index is 10.9. The number of nitrogens with one attached hydrogen (secondary N) is 1. The summed E-state index contributed by atoms with van der Waals surface area (Å²) in [5, 5.41) is 10.9. The van der Waals surface area contributed by atoms with E-state index in [1.807, 2.05) is 12.1 Å². The Labute approximate surface area is 123 Å². The molecule has 0 saturated heterocycles. The first-order valence-corrected chi connectivity index (χ1v) is 6.52. The monoisotopic (exact) mass is 337 g/mol. The standard InChI is InChI=1S/C13H12BrN3O3/c14-10-4-6-11(7-5-10)20-8-9-2-1-3-12(17(18)19)13(9)16-15/h1-7,16H,8,15H2.